The normalized spacial score (nSPS) is 17.5. The van der Waals surface area contributed by atoms with Crippen LogP contribution in [0.15, 0.2) is 66.7 Å². The van der Waals surface area contributed by atoms with Crippen LogP contribution in [0, 0.1) is 6.92 Å². The summed E-state index contributed by atoms with van der Waals surface area (Å²) < 4.78 is 5.97. The second kappa shape index (κ2) is 10.6. The van der Waals surface area contributed by atoms with Crippen LogP contribution >= 0.6 is 0 Å². The number of likely N-dealkylation sites (tertiary alicyclic amines) is 1. The summed E-state index contributed by atoms with van der Waals surface area (Å²) in [6.07, 6.45) is 2.57. The third-order valence-electron chi connectivity index (χ3n) is 8.25. The van der Waals surface area contributed by atoms with E-state index in [4.69, 9.17) is 9.84 Å². The molecule has 1 N–H and O–H groups in total. The molecule has 1 unspecified atom stereocenters. The van der Waals surface area contributed by atoms with Gasteiger partial charge in [0.25, 0.3) is 0 Å². The van der Waals surface area contributed by atoms with Crippen LogP contribution in [0.3, 0.4) is 0 Å². The molecule has 37 heavy (non-hydrogen) atoms. The van der Waals surface area contributed by atoms with Crippen molar-refractivity contribution in [3.8, 4) is 5.75 Å². The highest BCUT2D eigenvalue weighted by molar-refractivity contribution is 5.68. The van der Waals surface area contributed by atoms with Gasteiger partial charge in [0.15, 0.2) is 0 Å². The Bertz CT molecular complexity index is 1230. The summed E-state index contributed by atoms with van der Waals surface area (Å²) >= 11 is 0. The van der Waals surface area contributed by atoms with Crippen LogP contribution in [0.5, 0.6) is 5.75 Å². The van der Waals surface area contributed by atoms with Crippen LogP contribution < -0.4 is 9.64 Å². The van der Waals surface area contributed by atoms with Crippen molar-refractivity contribution >= 4 is 11.7 Å². The van der Waals surface area contributed by atoms with E-state index in [1.165, 1.54) is 29.7 Å². The van der Waals surface area contributed by atoms with E-state index in [2.05, 4.69) is 66.2 Å². The van der Waals surface area contributed by atoms with Gasteiger partial charge in [0, 0.05) is 31.2 Å². The Labute approximate surface area is 220 Å². The van der Waals surface area contributed by atoms with Crippen molar-refractivity contribution in [2.45, 2.75) is 57.6 Å². The lowest BCUT2D eigenvalue weighted by Crippen LogP contribution is -2.44. The highest BCUT2D eigenvalue weighted by Gasteiger charge is 2.43. The summed E-state index contributed by atoms with van der Waals surface area (Å²) in [5.74, 6) is 0.0129. The maximum atomic E-state index is 10.9. The molecule has 1 atom stereocenters. The van der Waals surface area contributed by atoms with Crippen molar-refractivity contribution in [1.82, 2.24) is 4.90 Å². The standard InChI is InChI=1S/C32H38N2O3/c1-23-4-13-30-29(18-23)32(22-33(30)3)14-16-34(17-15-32)20-25-5-7-26(8-6-25)21-37-28-11-9-27(10-12-28)24(2)19-31(35)36/h4-13,18,24H,14-17,19-22H2,1-3H3,(H,35,36). The first-order chi connectivity index (χ1) is 17.8. The Morgan fingerprint density at radius 2 is 1.68 bits per heavy atom. The zero-order valence-electron chi connectivity index (χ0n) is 22.2. The van der Waals surface area contributed by atoms with E-state index in [9.17, 15) is 4.79 Å². The van der Waals surface area contributed by atoms with Crippen LogP contribution in [0.4, 0.5) is 5.69 Å². The van der Waals surface area contributed by atoms with Gasteiger partial charge in [0.1, 0.15) is 12.4 Å². The minimum Gasteiger partial charge on any atom is -0.489 e. The zero-order valence-corrected chi connectivity index (χ0v) is 22.2. The molecule has 0 aromatic heterocycles. The molecule has 0 radical (unpaired) electrons. The molecule has 2 aliphatic rings. The number of benzene rings is 3. The minimum atomic E-state index is -0.775. The van der Waals surface area contributed by atoms with Crippen molar-refractivity contribution in [3.63, 3.8) is 0 Å². The molecule has 1 fully saturated rings. The monoisotopic (exact) mass is 498 g/mol. The van der Waals surface area contributed by atoms with Gasteiger partial charge in [-0.3, -0.25) is 9.69 Å². The lowest BCUT2D eigenvalue weighted by molar-refractivity contribution is -0.137. The molecular formula is C32H38N2O3. The molecule has 3 aromatic carbocycles. The highest BCUT2D eigenvalue weighted by Crippen LogP contribution is 2.46. The van der Waals surface area contributed by atoms with Gasteiger partial charge < -0.3 is 14.7 Å². The molecule has 0 saturated carbocycles. The number of fused-ring (bicyclic) bond motifs is 2. The molecule has 1 saturated heterocycles. The van der Waals surface area contributed by atoms with Crippen molar-refractivity contribution in [2.24, 2.45) is 0 Å². The topological polar surface area (TPSA) is 53.0 Å². The fraction of sp³-hybridized carbons (Fsp3) is 0.406. The zero-order chi connectivity index (χ0) is 26.0. The van der Waals surface area contributed by atoms with Gasteiger partial charge in [-0.25, -0.2) is 0 Å². The van der Waals surface area contributed by atoms with Crippen LogP contribution in [-0.4, -0.2) is 42.7 Å². The van der Waals surface area contributed by atoms with E-state index in [1.54, 1.807) is 5.56 Å². The average Bonchev–Trinajstić information content (AvgIpc) is 3.15. The van der Waals surface area contributed by atoms with E-state index < -0.39 is 5.97 Å². The summed E-state index contributed by atoms with van der Waals surface area (Å²) in [4.78, 5) is 16.0. The van der Waals surface area contributed by atoms with Gasteiger partial charge in [-0.2, -0.15) is 0 Å². The van der Waals surface area contributed by atoms with Crippen LogP contribution in [0.25, 0.3) is 0 Å². The van der Waals surface area contributed by atoms with E-state index in [1.807, 2.05) is 31.2 Å². The van der Waals surface area contributed by atoms with Gasteiger partial charge >= 0.3 is 5.97 Å². The van der Waals surface area contributed by atoms with E-state index in [0.717, 1.165) is 43.1 Å². The number of hydrogen-bond donors (Lipinski definition) is 1. The molecule has 0 aliphatic carbocycles. The number of likely N-dealkylation sites (N-methyl/N-ethyl adjacent to an activating group) is 1. The number of carboxylic acid groups (broad SMARTS) is 1. The van der Waals surface area contributed by atoms with Gasteiger partial charge in [-0.1, -0.05) is 61.0 Å². The summed E-state index contributed by atoms with van der Waals surface area (Å²) in [5.41, 5.74) is 8.15. The number of anilines is 1. The maximum Gasteiger partial charge on any atom is 0.303 e. The second-order valence-corrected chi connectivity index (χ2v) is 11.1. The van der Waals surface area contributed by atoms with E-state index in [-0.39, 0.29) is 12.3 Å². The molecule has 5 nitrogen and oxygen atoms in total. The minimum absolute atomic E-state index is 0.0101. The first kappa shape index (κ1) is 25.3. The maximum absolute atomic E-state index is 10.9. The van der Waals surface area contributed by atoms with Crippen LogP contribution in [0.2, 0.25) is 0 Å². The molecule has 2 aliphatic heterocycles. The molecule has 5 rings (SSSR count). The summed E-state index contributed by atoms with van der Waals surface area (Å²) in [5, 5.41) is 8.99. The lowest BCUT2D eigenvalue weighted by Gasteiger charge is -2.40. The number of aliphatic carboxylic acids is 1. The fourth-order valence-electron chi connectivity index (χ4n) is 6.04. The number of rotatable bonds is 8. The first-order valence-corrected chi connectivity index (χ1v) is 13.4. The number of carbonyl (C=O) groups is 1. The summed E-state index contributed by atoms with van der Waals surface area (Å²) in [6, 6.07) is 23.5. The molecule has 0 amide bonds. The molecule has 1 spiro atoms. The van der Waals surface area contributed by atoms with E-state index in [0.29, 0.717) is 12.0 Å². The van der Waals surface area contributed by atoms with Gasteiger partial charge in [-0.05, 0) is 79.2 Å². The Morgan fingerprint density at radius 1 is 1.00 bits per heavy atom. The van der Waals surface area contributed by atoms with Crippen molar-refractivity contribution in [1.29, 1.82) is 0 Å². The van der Waals surface area contributed by atoms with Crippen LogP contribution in [-0.2, 0) is 23.4 Å². The van der Waals surface area contributed by atoms with E-state index >= 15 is 0 Å². The number of nitrogens with zero attached hydrogens (tertiary/aromatic N) is 2. The molecule has 3 aromatic rings. The quantitative estimate of drug-likeness (QED) is 0.405. The number of piperidine rings is 1. The van der Waals surface area contributed by atoms with Crippen molar-refractivity contribution in [2.75, 3.05) is 31.6 Å². The molecule has 0 bridgehead atoms. The summed E-state index contributed by atoms with van der Waals surface area (Å²) in [6.45, 7) is 9.04. The molecule has 194 valence electrons. The number of aryl methyl sites for hydroxylation is 1. The van der Waals surface area contributed by atoms with Crippen molar-refractivity contribution in [3.05, 3.63) is 94.5 Å². The number of ether oxygens (including phenoxy) is 1. The van der Waals surface area contributed by atoms with Gasteiger partial charge in [0.2, 0.25) is 0 Å². The fourth-order valence-corrected chi connectivity index (χ4v) is 6.04. The largest absolute Gasteiger partial charge is 0.489 e. The SMILES string of the molecule is Cc1ccc2c(c1)C1(CCN(Cc3ccc(COc4ccc(C(C)CC(=O)O)cc4)cc3)CC1)CN2C. The Balaban J connectivity index is 1.12. The Morgan fingerprint density at radius 3 is 2.35 bits per heavy atom. The second-order valence-electron chi connectivity index (χ2n) is 11.1. The third-order valence-corrected chi connectivity index (χ3v) is 8.25. The smallest absolute Gasteiger partial charge is 0.303 e. The number of hydrogen-bond acceptors (Lipinski definition) is 4. The highest BCUT2D eigenvalue weighted by atomic mass is 16.5. The van der Waals surface area contributed by atoms with Crippen molar-refractivity contribution < 1.29 is 14.6 Å². The molecule has 5 heteroatoms. The number of carboxylic acids is 1. The summed E-state index contributed by atoms with van der Waals surface area (Å²) in [7, 11) is 2.23. The average molecular weight is 499 g/mol. The lowest BCUT2D eigenvalue weighted by atomic mass is 9.74. The predicted molar refractivity (Wildman–Crippen MR) is 149 cm³/mol. The molecular weight excluding hydrogens is 460 g/mol. The third kappa shape index (κ3) is 5.67. The Hall–Kier alpha value is -3.31. The molecule has 2 heterocycles. The predicted octanol–water partition coefficient (Wildman–Crippen LogP) is 6.14. The van der Waals surface area contributed by atoms with Gasteiger partial charge in [-0.15, -0.1) is 0 Å². The first-order valence-electron chi connectivity index (χ1n) is 13.4. The van der Waals surface area contributed by atoms with Gasteiger partial charge in [0.05, 0.1) is 6.42 Å². The van der Waals surface area contributed by atoms with Crippen LogP contribution in [0.1, 0.15) is 59.9 Å². The Kier molecular flexibility index (Phi) is 7.25.